The maximum Gasteiger partial charge on any atom is 0.410 e. The summed E-state index contributed by atoms with van der Waals surface area (Å²) >= 11 is 0. The van der Waals surface area contributed by atoms with Crippen LogP contribution in [0.25, 0.3) is 5.65 Å². The van der Waals surface area contributed by atoms with E-state index in [1.807, 2.05) is 19.9 Å². The quantitative estimate of drug-likeness (QED) is 0.780. The molecule has 2 amide bonds. The first-order chi connectivity index (χ1) is 11.4. The monoisotopic (exact) mass is 329 g/mol. The van der Waals surface area contributed by atoms with Gasteiger partial charge in [-0.15, -0.1) is 0 Å². The molecule has 4 heterocycles. The molecule has 8 heteroatoms. The molecule has 0 bridgehead atoms. The molecule has 0 N–H and O–H groups in total. The number of nitrogens with zero attached hydrogens (tertiary/aromatic N) is 5. The fraction of sp³-hybridized carbons (Fsp3) is 0.500. The Morgan fingerprint density at radius 3 is 2.79 bits per heavy atom. The van der Waals surface area contributed by atoms with Crippen LogP contribution in [0.3, 0.4) is 0 Å². The van der Waals surface area contributed by atoms with E-state index < -0.39 is 5.60 Å². The third-order valence-corrected chi connectivity index (χ3v) is 4.70. The van der Waals surface area contributed by atoms with Crippen molar-refractivity contribution in [2.45, 2.75) is 25.9 Å². The second-order valence-electron chi connectivity index (χ2n) is 6.72. The molecule has 126 valence electrons. The summed E-state index contributed by atoms with van der Waals surface area (Å²) in [6, 6.07) is 3.63. The SMILES string of the molecule is Cc1cc(C)n2nc(C(=O)N3CC[C@@]4(CN(C)C(=O)O4)C3)cc2n1. The summed E-state index contributed by atoms with van der Waals surface area (Å²) in [5, 5.41) is 4.39. The average molecular weight is 329 g/mol. The zero-order chi connectivity index (χ0) is 17.1. The predicted octanol–water partition coefficient (Wildman–Crippen LogP) is 1.01. The number of likely N-dealkylation sites (N-methyl/N-ethyl adjacent to an activating group) is 1. The minimum Gasteiger partial charge on any atom is -0.439 e. The molecule has 4 rings (SSSR count). The van der Waals surface area contributed by atoms with Gasteiger partial charge in [0.15, 0.2) is 16.9 Å². The fourth-order valence-corrected chi connectivity index (χ4v) is 3.58. The molecule has 2 saturated heterocycles. The van der Waals surface area contributed by atoms with E-state index in [2.05, 4.69) is 10.1 Å². The maximum atomic E-state index is 12.8. The number of carbonyl (C=O) groups is 2. The van der Waals surface area contributed by atoms with Gasteiger partial charge in [-0.25, -0.2) is 14.3 Å². The lowest BCUT2D eigenvalue weighted by molar-refractivity contribution is 0.0550. The molecule has 2 aromatic rings. The molecule has 0 aliphatic carbocycles. The number of fused-ring (bicyclic) bond motifs is 1. The van der Waals surface area contributed by atoms with Crippen LogP contribution in [0, 0.1) is 13.8 Å². The highest BCUT2D eigenvalue weighted by atomic mass is 16.6. The second kappa shape index (κ2) is 4.93. The number of ether oxygens (including phenoxy) is 1. The van der Waals surface area contributed by atoms with Gasteiger partial charge in [0.05, 0.1) is 13.1 Å². The Labute approximate surface area is 139 Å². The van der Waals surface area contributed by atoms with Crippen LogP contribution in [-0.2, 0) is 4.74 Å². The molecule has 0 aromatic carbocycles. The van der Waals surface area contributed by atoms with E-state index >= 15 is 0 Å². The largest absolute Gasteiger partial charge is 0.439 e. The van der Waals surface area contributed by atoms with E-state index in [9.17, 15) is 9.59 Å². The molecule has 2 aliphatic rings. The van der Waals surface area contributed by atoms with Crippen molar-refractivity contribution in [1.29, 1.82) is 0 Å². The van der Waals surface area contributed by atoms with E-state index in [0.29, 0.717) is 37.4 Å². The molecule has 2 aromatic heterocycles. The van der Waals surface area contributed by atoms with Crippen molar-refractivity contribution in [3.63, 3.8) is 0 Å². The first-order valence-electron chi connectivity index (χ1n) is 7.94. The van der Waals surface area contributed by atoms with Gasteiger partial charge in [-0.05, 0) is 19.9 Å². The van der Waals surface area contributed by atoms with Crippen LogP contribution in [0.1, 0.15) is 28.3 Å². The van der Waals surface area contributed by atoms with Crippen LogP contribution >= 0.6 is 0 Å². The number of aryl methyl sites for hydroxylation is 2. The zero-order valence-corrected chi connectivity index (χ0v) is 13.9. The van der Waals surface area contributed by atoms with Crippen LogP contribution in [-0.4, -0.2) is 68.7 Å². The smallest absolute Gasteiger partial charge is 0.410 e. The molecule has 0 saturated carbocycles. The van der Waals surface area contributed by atoms with E-state index in [1.54, 1.807) is 27.4 Å². The van der Waals surface area contributed by atoms with E-state index in [-0.39, 0.29) is 12.0 Å². The second-order valence-corrected chi connectivity index (χ2v) is 6.72. The van der Waals surface area contributed by atoms with Crippen LogP contribution in [0.15, 0.2) is 12.1 Å². The Morgan fingerprint density at radius 2 is 2.08 bits per heavy atom. The number of rotatable bonds is 1. The Kier molecular flexibility index (Phi) is 3.06. The minimum atomic E-state index is -0.578. The van der Waals surface area contributed by atoms with Gasteiger partial charge in [-0.1, -0.05) is 0 Å². The van der Waals surface area contributed by atoms with Gasteiger partial charge in [0.1, 0.15) is 0 Å². The number of amides is 2. The Hall–Kier alpha value is -2.64. The van der Waals surface area contributed by atoms with Crippen molar-refractivity contribution in [2.75, 3.05) is 26.7 Å². The number of hydrogen-bond donors (Lipinski definition) is 0. The molecular formula is C16H19N5O3. The molecule has 0 unspecified atom stereocenters. The maximum absolute atomic E-state index is 12.8. The van der Waals surface area contributed by atoms with Gasteiger partial charge < -0.3 is 14.5 Å². The number of carbonyl (C=O) groups excluding carboxylic acids is 2. The van der Waals surface area contributed by atoms with Crippen LogP contribution in [0.5, 0.6) is 0 Å². The van der Waals surface area contributed by atoms with Gasteiger partial charge in [-0.2, -0.15) is 5.10 Å². The summed E-state index contributed by atoms with van der Waals surface area (Å²) in [5.41, 5.74) is 2.27. The summed E-state index contributed by atoms with van der Waals surface area (Å²) in [7, 11) is 1.71. The molecule has 1 atom stereocenters. The Bertz CT molecular complexity index is 861. The van der Waals surface area contributed by atoms with Crippen molar-refractivity contribution >= 4 is 17.6 Å². The van der Waals surface area contributed by atoms with Crippen LogP contribution in [0.2, 0.25) is 0 Å². The third-order valence-electron chi connectivity index (χ3n) is 4.70. The van der Waals surface area contributed by atoms with Crippen molar-refractivity contribution < 1.29 is 14.3 Å². The summed E-state index contributed by atoms with van der Waals surface area (Å²) < 4.78 is 7.16. The number of hydrogen-bond acceptors (Lipinski definition) is 5. The van der Waals surface area contributed by atoms with E-state index in [4.69, 9.17) is 4.74 Å². The van der Waals surface area contributed by atoms with Gasteiger partial charge in [0.25, 0.3) is 5.91 Å². The highest BCUT2D eigenvalue weighted by Gasteiger charge is 2.49. The number of likely N-dealkylation sites (tertiary alicyclic amines) is 1. The Morgan fingerprint density at radius 1 is 1.29 bits per heavy atom. The van der Waals surface area contributed by atoms with E-state index in [0.717, 1.165) is 11.4 Å². The van der Waals surface area contributed by atoms with Gasteiger partial charge in [0.2, 0.25) is 0 Å². The summed E-state index contributed by atoms with van der Waals surface area (Å²) in [4.78, 5) is 32.1. The summed E-state index contributed by atoms with van der Waals surface area (Å²) in [5.74, 6) is -0.153. The fourth-order valence-electron chi connectivity index (χ4n) is 3.58. The zero-order valence-electron chi connectivity index (χ0n) is 13.9. The standard InChI is InChI=1S/C16H19N5O3/c1-10-6-11(2)21-13(17-10)7-12(18-21)14(22)20-5-4-16(9-20)8-19(3)15(23)24-16/h6-7H,4-5,8-9H2,1-3H3/t16-/m1/s1. The van der Waals surface area contributed by atoms with Crippen molar-refractivity contribution in [1.82, 2.24) is 24.4 Å². The highest BCUT2D eigenvalue weighted by Crippen LogP contribution is 2.32. The lowest BCUT2D eigenvalue weighted by atomic mass is 10.0. The lowest BCUT2D eigenvalue weighted by Gasteiger charge is -2.21. The normalized spacial score (nSPS) is 23.5. The molecule has 2 aliphatic heterocycles. The lowest BCUT2D eigenvalue weighted by Crippen LogP contribution is -2.39. The summed E-state index contributed by atoms with van der Waals surface area (Å²) in [6.45, 7) is 5.32. The molecular weight excluding hydrogens is 310 g/mol. The summed E-state index contributed by atoms with van der Waals surface area (Å²) in [6.07, 6.45) is 0.325. The first kappa shape index (κ1) is 14.9. The van der Waals surface area contributed by atoms with Crippen molar-refractivity contribution in [3.05, 3.63) is 29.2 Å². The van der Waals surface area contributed by atoms with Gasteiger partial charge >= 0.3 is 6.09 Å². The molecule has 0 radical (unpaired) electrons. The average Bonchev–Trinajstić information content (AvgIpc) is 3.17. The van der Waals surface area contributed by atoms with Crippen LogP contribution < -0.4 is 0 Å². The van der Waals surface area contributed by atoms with Gasteiger partial charge in [0, 0.05) is 37.5 Å². The van der Waals surface area contributed by atoms with Crippen LogP contribution in [0.4, 0.5) is 4.79 Å². The minimum absolute atomic E-state index is 0.153. The molecule has 8 nitrogen and oxygen atoms in total. The number of aromatic nitrogens is 3. The molecule has 24 heavy (non-hydrogen) atoms. The van der Waals surface area contributed by atoms with Crippen molar-refractivity contribution in [3.8, 4) is 0 Å². The first-order valence-corrected chi connectivity index (χ1v) is 7.94. The molecule has 2 fully saturated rings. The van der Waals surface area contributed by atoms with Gasteiger partial charge in [-0.3, -0.25) is 4.79 Å². The third kappa shape index (κ3) is 2.21. The van der Waals surface area contributed by atoms with E-state index in [1.165, 1.54) is 0 Å². The topological polar surface area (TPSA) is 80.0 Å². The highest BCUT2D eigenvalue weighted by molar-refractivity contribution is 5.93. The Balaban J connectivity index is 1.59. The van der Waals surface area contributed by atoms with Crippen molar-refractivity contribution in [2.24, 2.45) is 0 Å². The predicted molar refractivity (Wildman–Crippen MR) is 84.8 cm³/mol. The molecule has 1 spiro atoms.